The monoisotopic (exact) mass is 215 g/mol. The highest BCUT2D eigenvalue weighted by Gasteiger charge is 2.34. The summed E-state index contributed by atoms with van der Waals surface area (Å²) in [6.45, 7) is 2.30. The minimum Gasteiger partial charge on any atom is -0.394 e. The highest BCUT2D eigenvalue weighted by atomic mass is 16.5. The molecule has 88 valence electrons. The van der Waals surface area contributed by atoms with Gasteiger partial charge in [-0.25, -0.2) is 0 Å². The predicted octanol–water partition coefficient (Wildman–Crippen LogP) is 0.690. The van der Waals surface area contributed by atoms with Crippen LogP contribution in [0.4, 0.5) is 0 Å². The molecule has 0 radical (unpaired) electrons. The van der Waals surface area contributed by atoms with Gasteiger partial charge in [-0.05, 0) is 31.6 Å². The van der Waals surface area contributed by atoms with E-state index in [1.165, 1.54) is 7.11 Å². The number of hydrogen-bond acceptors (Lipinski definition) is 3. The van der Waals surface area contributed by atoms with Crippen LogP contribution in [0.15, 0.2) is 0 Å². The largest absolute Gasteiger partial charge is 0.394 e. The Morgan fingerprint density at radius 1 is 1.53 bits per heavy atom. The number of nitrogens with one attached hydrogen (secondary N) is 1. The van der Waals surface area contributed by atoms with Gasteiger partial charge in [-0.2, -0.15) is 0 Å². The van der Waals surface area contributed by atoms with Crippen molar-refractivity contribution >= 4 is 5.91 Å². The Hall–Kier alpha value is -0.610. The van der Waals surface area contributed by atoms with E-state index in [1.54, 1.807) is 0 Å². The average molecular weight is 215 g/mol. The molecule has 1 saturated carbocycles. The fraction of sp³-hybridized carbons (Fsp3) is 0.909. The molecule has 1 aliphatic rings. The Kier molecular flexibility index (Phi) is 4.54. The lowest BCUT2D eigenvalue weighted by Gasteiger charge is -2.38. The van der Waals surface area contributed by atoms with E-state index in [-0.39, 0.29) is 19.1 Å². The maximum absolute atomic E-state index is 11.4. The van der Waals surface area contributed by atoms with Crippen LogP contribution in [-0.4, -0.2) is 36.9 Å². The number of methoxy groups -OCH3 is 1. The number of ether oxygens (including phenoxy) is 1. The molecule has 15 heavy (non-hydrogen) atoms. The fourth-order valence-corrected chi connectivity index (χ4v) is 2.10. The maximum atomic E-state index is 11.4. The normalized spacial score (nSPS) is 31.3. The van der Waals surface area contributed by atoms with Crippen LogP contribution in [-0.2, 0) is 9.53 Å². The second-order valence-corrected chi connectivity index (χ2v) is 4.60. The topological polar surface area (TPSA) is 58.6 Å². The van der Waals surface area contributed by atoms with Crippen molar-refractivity contribution in [1.82, 2.24) is 5.32 Å². The molecule has 0 aromatic rings. The molecule has 0 unspecified atom stereocenters. The number of hydrogen-bond donors (Lipinski definition) is 2. The smallest absolute Gasteiger partial charge is 0.246 e. The van der Waals surface area contributed by atoms with E-state index < -0.39 is 5.54 Å². The molecule has 0 spiro atoms. The zero-order valence-electron chi connectivity index (χ0n) is 9.58. The van der Waals surface area contributed by atoms with Gasteiger partial charge in [-0.15, -0.1) is 0 Å². The molecule has 1 amide bonds. The van der Waals surface area contributed by atoms with Crippen molar-refractivity contribution in [2.24, 2.45) is 5.92 Å². The quantitative estimate of drug-likeness (QED) is 0.725. The number of aliphatic hydroxyl groups is 1. The number of carbonyl (C=O) groups excluding carboxylic acids is 1. The summed E-state index contributed by atoms with van der Waals surface area (Å²) in [7, 11) is 1.49. The summed E-state index contributed by atoms with van der Waals surface area (Å²) >= 11 is 0. The van der Waals surface area contributed by atoms with Crippen LogP contribution in [0.2, 0.25) is 0 Å². The van der Waals surface area contributed by atoms with Crippen molar-refractivity contribution in [3.63, 3.8) is 0 Å². The van der Waals surface area contributed by atoms with Crippen molar-refractivity contribution in [2.75, 3.05) is 20.3 Å². The number of aliphatic hydroxyl groups excluding tert-OH is 1. The molecule has 0 aliphatic heterocycles. The minimum absolute atomic E-state index is 0.0230. The molecule has 0 atom stereocenters. The van der Waals surface area contributed by atoms with Crippen molar-refractivity contribution in [3.05, 3.63) is 0 Å². The molecular formula is C11H21NO3. The van der Waals surface area contributed by atoms with Crippen LogP contribution in [0.3, 0.4) is 0 Å². The molecule has 0 bridgehead atoms. The van der Waals surface area contributed by atoms with Crippen LogP contribution < -0.4 is 5.32 Å². The van der Waals surface area contributed by atoms with Gasteiger partial charge in [-0.3, -0.25) is 4.79 Å². The summed E-state index contributed by atoms with van der Waals surface area (Å²) in [5.41, 5.74) is -0.401. The third kappa shape index (κ3) is 3.47. The van der Waals surface area contributed by atoms with Gasteiger partial charge in [-0.1, -0.05) is 6.92 Å². The van der Waals surface area contributed by atoms with Crippen molar-refractivity contribution in [2.45, 2.75) is 38.1 Å². The summed E-state index contributed by atoms with van der Waals surface area (Å²) in [5, 5.41) is 12.3. The zero-order chi connectivity index (χ0) is 11.3. The zero-order valence-corrected chi connectivity index (χ0v) is 9.58. The Morgan fingerprint density at radius 3 is 2.60 bits per heavy atom. The van der Waals surface area contributed by atoms with Crippen LogP contribution in [0.1, 0.15) is 32.6 Å². The number of amides is 1. The molecule has 0 heterocycles. The molecule has 4 nitrogen and oxygen atoms in total. The second-order valence-electron chi connectivity index (χ2n) is 4.60. The van der Waals surface area contributed by atoms with Gasteiger partial charge in [0.05, 0.1) is 12.1 Å². The molecule has 0 saturated heterocycles. The van der Waals surface area contributed by atoms with Gasteiger partial charge in [0.1, 0.15) is 6.61 Å². The summed E-state index contributed by atoms with van der Waals surface area (Å²) in [5.74, 6) is 0.560. The molecule has 1 rings (SSSR count). The van der Waals surface area contributed by atoms with Crippen molar-refractivity contribution in [1.29, 1.82) is 0 Å². The van der Waals surface area contributed by atoms with E-state index in [9.17, 15) is 9.90 Å². The van der Waals surface area contributed by atoms with Crippen LogP contribution >= 0.6 is 0 Å². The lowest BCUT2D eigenvalue weighted by atomic mass is 9.77. The van der Waals surface area contributed by atoms with E-state index in [0.29, 0.717) is 5.92 Å². The molecule has 2 N–H and O–H groups in total. The summed E-state index contributed by atoms with van der Waals surface area (Å²) < 4.78 is 4.76. The Labute approximate surface area is 91.0 Å². The van der Waals surface area contributed by atoms with E-state index in [4.69, 9.17) is 4.74 Å². The van der Waals surface area contributed by atoms with Gasteiger partial charge in [0.2, 0.25) is 5.91 Å². The Bertz CT molecular complexity index is 210. The lowest BCUT2D eigenvalue weighted by molar-refractivity contribution is -0.128. The SMILES string of the molecule is COCC(=O)NC1(CO)CCC(C)CC1. The summed E-state index contributed by atoms with van der Waals surface area (Å²) in [6.07, 6.45) is 3.85. The lowest BCUT2D eigenvalue weighted by Crippen LogP contribution is -2.54. The van der Waals surface area contributed by atoms with Crippen LogP contribution in [0.25, 0.3) is 0 Å². The van der Waals surface area contributed by atoms with Gasteiger partial charge in [0.15, 0.2) is 0 Å². The van der Waals surface area contributed by atoms with Crippen LogP contribution in [0.5, 0.6) is 0 Å². The Morgan fingerprint density at radius 2 is 2.13 bits per heavy atom. The molecule has 0 aromatic heterocycles. The van der Waals surface area contributed by atoms with Gasteiger partial charge >= 0.3 is 0 Å². The van der Waals surface area contributed by atoms with E-state index in [2.05, 4.69) is 12.2 Å². The van der Waals surface area contributed by atoms with Gasteiger partial charge in [0, 0.05) is 7.11 Å². The van der Waals surface area contributed by atoms with Crippen LogP contribution in [0, 0.1) is 5.92 Å². The number of rotatable bonds is 4. The highest BCUT2D eigenvalue weighted by molar-refractivity contribution is 5.78. The third-order valence-electron chi connectivity index (χ3n) is 3.21. The third-order valence-corrected chi connectivity index (χ3v) is 3.21. The molecule has 1 fully saturated rings. The predicted molar refractivity (Wildman–Crippen MR) is 57.5 cm³/mol. The average Bonchev–Trinajstić information content (AvgIpc) is 2.22. The standard InChI is InChI=1S/C11H21NO3/c1-9-3-5-11(8-13,6-4-9)12-10(14)7-15-2/h9,13H,3-8H2,1-2H3,(H,12,14). The molecule has 0 aromatic carbocycles. The van der Waals surface area contributed by atoms with Crippen molar-refractivity contribution in [3.8, 4) is 0 Å². The van der Waals surface area contributed by atoms with Gasteiger partial charge in [0.25, 0.3) is 0 Å². The second kappa shape index (κ2) is 5.47. The molecule has 1 aliphatic carbocycles. The fourth-order valence-electron chi connectivity index (χ4n) is 2.10. The minimum atomic E-state index is -0.401. The summed E-state index contributed by atoms with van der Waals surface area (Å²) in [4.78, 5) is 11.4. The van der Waals surface area contributed by atoms with Crippen molar-refractivity contribution < 1.29 is 14.6 Å². The molecule has 4 heteroatoms. The summed E-state index contributed by atoms with van der Waals surface area (Å²) in [6, 6.07) is 0. The maximum Gasteiger partial charge on any atom is 0.246 e. The highest BCUT2D eigenvalue weighted by Crippen LogP contribution is 2.31. The number of carbonyl (C=O) groups is 1. The first-order valence-corrected chi connectivity index (χ1v) is 5.53. The Balaban J connectivity index is 2.49. The molecular weight excluding hydrogens is 194 g/mol. The van der Waals surface area contributed by atoms with E-state index in [1.807, 2.05) is 0 Å². The van der Waals surface area contributed by atoms with E-state index >= 15 is 0 Å². The first-order valence-electron chi connectivity index (χ1n) is 5.53. The van der Waals surface area contributed by atoms with Gasteiger partial charge < -0.3 is 15.2 Å². The first-order chi connectivity index (χ1) is 7.12. The van der Waals surface area contributed by atoms with E-state index in [0.717, 1.165) is 25.7 Å². The first kappa shape index (κ1) is 12.5.